The van der Waals surface area contributed by atoms with Crippen LogP contribution in [0.2, 0.25) is 0 Å². The molecule has 0 fully saturated rings. The van der Waals surface area contributed by atoms with Crippen molar-refractivity contribution in [2.24, 2.45) is 0 Å². The summed E-state index contributed by atoms with van der Waals surface area (Å²) >= 11 is 0. The van der Waals surface area contributed by atoms with Crippen molar-refractivity contribution in [2.45, 2.75) is 52.2 Å². The Balaban J connectivity index is 2.44. The average Bonchev–Trinajstić information content (AvgIpc) is 2.42. The van der Waals surface area contributed by atoms with Crippen LogP contribution in [0.1, 0.15) is 39.2 Å². The molecule has 1 aromatic rings. The summed E-state index contributed by atoms with van der Waals surface area (Å²) in [6.07, 6.45) is 2.31. The maximum Gasteiger partial charge on any atom is 0.127 e. The van der Waals surface area contributed by atoms with E-state index in [-0.39, 0.29) is 5.82 Å². The number of hydrogen-bond acceptors (Lipinski definition) is 2. The van der Waals surface area contributed by atoms with Crippen LogP contribution in [-0.4, -0.2) is 30.6 Å². The van der Waals surface area contributed by atoms with E-state index in [1.165, 1.54) is 6.07 Å². The second kappa shape index (κ2) is 8.28. The van der Waals surface area contributed by atoms with Gasteiger partial charge >= 0.3 is 0 Å². The first-order chi connectivity index (χ1) is 9.08. The minimum atomic E-state index is -0.116. The third-order valence-electron chi connectivity index (χ3n) is 3.82. The van der Waals surface area contributed by atoms with Crippen molar-refractivity contribution in [3.8, 4) is 0 Å². The van der Waals surface area contributed by atoms with Crippen LogP contribution in [0, 0.1) is 5.82 Å². The fourth-order valence-corrected chi connectivity index (χ4v) is 2.12. The predicted molar refractivity (Wildman–Crippen MR) is 79.7 cm³/mol. The molecule has 1 unspecified atom stereocenters. The maximum absolute atomic E-state index is 13.6. The monoisotopic (exact) mass is 266 g/mol. The van der Waals surface area contributed by atoms with Crippen LogP contribution >= 0.6 is 0 Å². The van der Waals surface area contributed by atoms with Crippen LogP contribution in [0.5, 0.6) is 0 Å². The summed E-state index contributed by atoms with van der Waals surface area (Å²) in [5.41, 5.74) is 0.763. The molecular weight excluding hydrogens is 239 g/mol. The SMILES string of the molecule is CCC(CC)NCC(C)N(C)Cc1ccccc1F. The number of rotatable bonds is 8. The lowest BCUT2D eigenvalue weighted by Gasteiger charge is -2.27. The van der Waals surface area contributed by atoms with E-state index < -0.39 is 0 Å². The lowest BCUT2D eigenvalue weighted by atomic mass is 10.1. The van der Waals surface area contributed by atoms with Gasteiger partial charge in [-0.3, -0.25) is 4.90 Å². The summed E-state index contributed by atoms with van der Waals surface area (Å²) < 4.78 is 13.6. The summed E-state index contributed by atoms with van der Waals surface area (Å²) in [5, 5.41) is 3.56. The summed E-state index contributed by atoms with van der Waals surface area (Å²) in [6.45, 7) is 8.18. The van der Waals surface area contributed by atoms with Gasteiger partial charge < -0.3 is 5.32 Å². The number of benzene rings is 1. The molecule has 0 aliphatic carbocycles. The van der Waals surface area contributed by atoms with E-state index in [1.54, 1.807) is 6.07 Å². The molecule has 0 saturated carbocycles. The van der Waals surface area contributed by atoms with Crippen LogP contribution in [0.15, 0.2) is 24.3 Å². The topological polar surface area (TPSA) is 15.3 Å². The molecule has 1 N–H and O–H groups in total. The van der Waals surface area contributed by atoms with Gasteiger partial charge in [0.15, 0.2) is 0 Å². The third-order valence-corrected chi connectivity index (χ3v) is 3.82. The number of halogens is 1. The van der Waals surface area contributed by atoms with Crippen LogP contribution in [-0.2, 0) is 6.54 Å². The van der Waals surface area contributed by atoms with Gasteiger partial charge in [0.1, 0.15) is 5.82 Å². The van der Waals surface area contributed by atoms with E-state index >= 15 is 0 Å². The molecule has 1 atom stereocenters. The zero-order chi connectivity index (χ0) is 14.3. The second-order valence-corrected chi connectivity index (χ2v) is 5.28. The molecule has 0 radical (unpaired) electrons. The summed E-state index contributed by atoms with van der Waals surface area (Å²) in [6, 6.07) is 7.98. The Kier molecular flexibility index (Phi) is 7.03. The Morgan fingerprint density at radius 1 is 1.21 bits per heavy atom. The van der Waals surface area contributed by atoms with Gasteiger partial charge in [0.2, 0.25) is 0 Å². The largest absolute Gasteiger partial charge is 0.312 e. The minimum Gasteiger partial charge on any atom is -0.312 e. The normalized spacial score (nSPS) is 13.2. The highest BCUT2D eigenvalue weighted by Crippen LogP contribution is 2.10. The number of nitrogens with zero attached hydrogens (tertiary/aromatic N) is 1. The molecule has 19 heavy (non-hydrogen) atoms. The molecule has 0 heterocycles. The molecular formula is C16H27FN2. The Labute approximate surface area is 117 Å². The number of hydrogen-bond donors (Lipinski definition) is 1. The molecule has 2 nitrogen and oxygen atoms in total. The molecule has 0 aliphatic rings. The molecule has 1 aromatic carbocycles. The van der Waals surface area contributed by atoms with Crippen molar-refractivity contribution in [3.05, 3.63) is 35.6 Å². The molecule has 0 aliphatic heterocycles. The van der Waals surface area contributed by atoms with Crippen LogP contribution in [0.4, 0.5) is 4.39 Å². The molecule has 108 valence electrons. The van der Waals surface area contributed by atoms with E-state index in [2.05, 4.69) is 31.0 Å². The quantitative estimate of drug-likeness (QED) is 0.775. The number of likely N-dealkylation sites (N-methyl/N-ethyl adjacent to an activating group) is 1. The first-order valence-corrected chi connectivity index (χ1v) is 7.25. The predicted octanol–water partition coefficient (Wildman–Crippen LogP) is 3.42. The van der Waals surface area contributed by atoms with Gasteiger partial charge in [-0.15, -0.1) is 0 Å². The highest BCUT2D eigenvalue weighted by Gasteiger charge is 2.13. The summed E-state index contributed by atoms with van der Waals surface area (Å²) in [7, 11) is 2.05. The van der Waals surface area contributed by atoms with Crippen molar-refractivity contribution in [1.82, 2.24) is 10.2 Å². The molecule has 0 aromatic heterocycles. The first kappa shape index (κ1) is 16.1. The van der Waals surface area contributed by atoms with E-state index in [0.29, 0.717) is 18.6 Å². The summed E-state index contributed by atoms with van der Waals surface area (Å²) in [4.78, 5) is 2.19. The minimum absolute atomic E-state index is 0.116. The smallest absolute Gasteiger partial charge is 0.127 e. The Morgan fingerprint density at radius 3 is 2.42 bits per heavy atom. The fourth-order valence-electron chi connectivity index (χ4n) is 2.12. The highest BCUT2D eigenvalue weighted by molar-refractivity contribution is 5.17. The standard InChI is InChI=1S/C16H27FN2/c1-5-15(6-2)18-11-13(3)19(4)12-14-9-7-8-10-16(14)17/h7-10,13,15,18H,5-6,11-12H2,1-4H3. The van der Waals surface area contributed by atoms with E-state index in [9.17, 15) is 4.39 Å². The van der Waals surface area contributed by atoms with Crippen molar-refractivity contribution >= 4 is 0 Å². The van der Waals surface area contributed by atoms with Gasteiger partial charge in [-0.05, 0) is 32.9 Å². The lowest BCUT2D eigenvalue weighted by molar-refractivity contribution is 0.233. The van der Waals surface area contributed by atoms with Crippen molar-refractivity contribution < 1.29 is 4.39 Å². The van der Waals surface area contributed by atoms with Gasteiger partial charge in [-0.2, -0.15) is 0 Å². The molecule has 1 rings (SSSR count). The van der Waals surface area contributed by atoms with E-state index in [0.717, 1.165) is 24.9 Å². The summed E-state index contributed by atoms with van der Waals surface area (Å²) in [5.74, 6) is -0.116. The first-order valence-electron chi connectivity index (χ1n) is 7.25. The zero-order valence-corrected chi connectivity index (χ0v) is 12.6. The van der Waals surface area contributed by atoms with Gasteiger partial charge in [0, 0.05) is 30.7 Å². The second-order valence-electron chi connectivity index (χ2n) is 5.28. The Hall–Kier alpha value is -0.930. The van der Waals surface area contributed by atoms with Crippen LogP contribution in [0.25, 0.3) is 0 Å². The number of nitrogens with one attached hydrogen (secondary N) is 1. The Morgan fingerprint density at radius 2 is 1.84 bits per heavy atom. The molecule has 0 saturated heterocycles. The molecule has 0 spiro atoms. The van der Waals surface area contributed by atoms with Gasteiger partial charge in [-0.1, -0.05) is 32.0 Å². The average molecular weight is 266 g/mol. The van der Waals surface area contributed by atoms with Crippen LogP contribution < -0.4 is 5.32 Å². The third kappa shape index (κ3) is 5.29. The van der Waals surface area contributed by atoms with E-state index in [4.69, 9.17) is 0 Å². The van der Waals surface area contributed by atoms with Crippen molar-refractivity contribution in [3.63, 3.8) is 0 Å². The van der Waals surface area contributed by atoms with Crippen molar-refractivity contribution in [2.75, 3.05) is 13.6 Å². The maximum atomic E-state index is 13.6. The van der Waals surface area contributed by atoms with E-state index in [1.807, 2.05) is 19.2 Å². The fraction of sp³-hybridized carbons (Fsp3) is 0.625. The lowest BCUT2D eigenvalue weighted by Crippen LogP contribution is -2.41. The molecule has 0 bridgehead atoms. The van der Waals surface area contributed by atoms with Crippen LogP contribution in [0.3, 0.4) is 0 Å². The Bertz CT molecular complexity index is 364. The van der Waals surface area contributed by atoms with Gasteiger partial charge in [0.25, 0.3) is 0 Å². The van der Waals surface area contributed by atoms with Gasteiger partial charge in [-0.25, -0.2) is 4.39 Å². The zero-order valence-electron chi connectivity index (χ0n) is 12.6. The molecule has 0 amide bonds. The van der Waals surface area contributed by atoms with Gasteiger partial charge in [0.05, 0.1) is 0 Å². The van der Waals surface area contributed by atoms with Crippen molar-refractivity contribution in [1.29, 1.82) is 0 Å². The highest BCUT2D eigenvalue weighted by atomic mass is 19.1. The molecule has 3 heteroatoms.